The molecule has 2 aliphatic rings. The van der Waals surface area contributed by atoms with Crippen LogP contribution < -0.4 is 5.32 Å². The summed E-state index contributed by atoms with van der Waals surface area (Å²) < 4.78 is 5.47. The van der Waals surface area contributed by atoms with Crippen molar-refractivity contribution in [2.24, 2.45) is 5.92 Å². The van der Waals surface area contributed by atoms with Crippen molar-refractivity contribution >= 4 is 0 Å². The molecule has 2 nitrogen and oxygen atoms in total. The van der Waals surface area contributed by atoms with Crippen molar-refractivity contribution in [3.8, 4) is 0 Å². The van der Waals surface area contributed by atoms with Crippen LogP contribution in [-0.2, 0) is 11.2 Å². The number of rotatable bonds is 4. The second kappa shape index (κ2) is 5.41. The molecule has 1 saturated heterocycles. The fraction of sp³-hybridized carbons (Fsp3) is 0.625. The lowest BCUT2D eigenvalue weighted by atomic mass is 9.72. The van der Waals surface area contributed by atoms with Gasteiger partial charge in [-0.2, -0.15) is 0 Å². The second-order valence-corrected chi connectivity index (χ2v) is 5.68. The molecule has 2 atom stereocenters. The van der Waals surface area contributed by atoms with Gasteiger partial charge in [0.1, 0.15) is 0 Å². The van der Waals surface area contributed by atoms with Crippen molar-refractivity contribution in [1.29, 1.82) is 0 Å². The Kier molecular flexibility index (Phi) is 3.67. The van der Waals surface area contributed by atoms with Crippen LogP contribution in [0, 0.1) is 5.92 Å². The minimum absolute atomic E-state index is 0.659. The average Bonchev–Trinajstić information content (AvgIpc) is 2.41. The summed E-state index contributed by atoms with van der Waals surface area (Å²) in [6, 6.07) is 9.57. The van der Waals surface area contributed by atoms with Crippen LogP contribution in [0.5, 0.6) is 0 Å². The highest BCUT2D eigenvalue weighted by Crippen LogP contribution is 2.39. The third kappa shape index (κ3) is 2.32. The molecule has 0 aromatic heterocycles. The van der Waals surface area contributed by atoms with Gasteiger partial charge < -0.3 is 10.1 Å². The number of hydrogen-bond acceptors (Lipinski definition) is 2. The Morgan fingerprint density at radius 1 is 1.28 bits per heavy atom. The summed E-state index contributed by atoms with van der Waals surface area (Å²) in [4.78, 5) is 0. The van der Waals surface area contributed by atoms with Crippen LogP contribution >= 0.6 is 0 Å². The van der Waals surface area contributed by atoms with Gasteiger partial charge in [-0.3, -0.25) is 0 Å². The van der Waals surface area contributed by atoms with E-state index in [1.54, 1.807) is 11.1 Å². The lowest BCUT2D eigenvalue weighted by Crippen LogP contribution is -2.39. The van der Waals surface area contributed by atoms with Gasteiger partial charge >= 0.3 is 0 Å². The highest BCUT2D eigenvalue weighted by Gasteiger charge is 2.31. The summed E-state index contributed by atoms with van der Waals surface area (Å²) in [6.07, 6.45) is 5.01. The minimum atomic E-state index is 0.659. The Morgan fingerprint density at radius 3 is 2.78 bits per heavy atom. The van der Waals surface area contributed by atoms with Crippen molar-refractivity contribution < 1.29 is 4.74 Å². The smallest absolute Gasteiger partial charge is 0.0469 e. The standard InChI is InChI=1S/C16H23NO/c1-17-16(12-6-8-18-9-7-12)11-14-10-13-4-2-3-5-15(13)14/h2-5,12,14,16-17H,6-11H2,1H3. The van der Waals surface area contributed by atoms with Gasteiger partial charge in [-0.05, 0) is 55.7 Å². The molecule has 0 radical (unpaired) electrons. The molecule has 1 aromatic carbocycles. The van der Waals surface area contributed by atoms with E-state index in [0.29, 0.717) is 6.04 Å². The summed E-state index contributed by atoms with van der Waals surface area (Å²) in [6.45, 7) is 1.90. The van der Waals surface area contributed by atoms with E-state index in [2.05, 4.69) is 36.6 Å². The molecule has 1 N–H and O–H groups in total. The van der Waals surface area contributed by atoms with Crippen LogP contribution in [0.15, 0.2) is 24.3 Å². The molecule has 0 saturated carbocycles. The molecule has 0 amide bonds. The zero-order valence-electron chi connectivity index (χ0n) is 11.2. The van der Waals surface area contributed by atoms with E-state index in [-0.39, 0.29) is 0 Å². The number of nitrogens with one attached hydrogen (secondary N) is 1. The van der Waals surface area contributed by atoms with Crippen LogP contribution in [-0.4, -0.2) is 26.3 Å². The Morgan fingerprint density at radius 2 is 2.06 bits per heavy atom. The molecule has 1 heterocycles. The normalized spacial score (nSPS) is 25.3. The molecule has 98 valence electrons. The fourth-order valence-corrected chi connectivity index (χ4v) is 3.54. The zero-order valence-corrected chi connectivity index (χ0v) is 11.2. The molecule has 1 aliphatic heterocycles. The summed E-state index contributed by atoms with van der Waals surface area (Å²) in [5.74, 6) is 1.58. The Bertz CT molecular complexity index is 398. The van der Waals surface area contributed by atoms with Gasteiger partial charge in [0, 0.05) is 19.3 Å². The highest BCUT2D eigenvalue weighted by molar-refractivity contribution is 5.39. The maximum atomic E-state index is 5.47. The highest BCUT2D eigenvalue weighted by atomic mass is 16.5. The Balaban J connectivity index is 1.61. The first-order valence-corrected chi connectivity index (χ1v) is 7.21. The monoisotopic (exact) mass is 245 g/mol. The second-order valence-electron chi connectivity index (χ2n) is 5.68. The SMILES string of the molecule is CNC(CC1Cc2ccccc21)C1CCOCC1. The number of hydrogen-bond donors (Lipinski definition) is 1. The maximum absolute atomic E-state index is 5.47. The van der Waals surface area contributed by atoms with Crippen LogP contribution in [0.3, 0.4) is 0 Å². The lowest BCUT2D eigenvalue weighted by molar-refractivity contribution is 0.0523. The molecule has 2 heteroatoms. The van der Waals surface area contributed by atoms with Gasteiger partial charge in [0.15, 0.2) is 0 Å². The van der Waals surface area contributed by atoms with E-state index >= 15 is 0 Å². The van der Waals surface area contributed by atoms with Gasteiger partial charge in [-0.25, -0.2) is 0 Å². The van der Waals surface area contributed by atoms with Gasteiger partial charge in [-0.15, -0.1) is 0 Å². The lowest BCUT2D eigenvalue weighted by Gasteiger charge is -2.37. The van der Waals surface area contributed by atoms with Gasteiger partial charge in [0.05, 0.1) is 0 Å². The molecular weight excluding hydrogens is 222 g/mol. The van der Waals surface area contributed by atoms with Crippen LogP contribution in [0.2, 0.25) is 0 Å². The van der Waals surface area contributed by atoms with Crippen molar-refractivity contribution in [1.82, 2.24) is 5.32 Å². The topological polar surface area (TPSA) is 21.3 Å². The van der Waals surface area contributed by atoms with E-state index < -0.39 is 0 Å². The summed E-state index contributed by atoms with van der Waals surface area (Å²) in [5.41, 5.74) is 3.15. The predicted molar refractivity (Wildman–Crippen MR) is 73.9 cm³/mol. The molecule has 0 bridgehead atoms. The number of benzene rings is 1. The van der Waals surface area contributed by atoms with Crippen molar-refractivity contribution in [2.45, 2.75) is 37.6 Å². The zero-order chi connectivity index (χ0) is 12.4. The number of ether oxygens (including phenoxy) is 1. The fourth-order valence-electron chi connectivity index (χ4n) is 3.54. The first-order chi connectivity index (χ1) is 8.88. The molecule has 1 aromatic rings. The summed E-state index contributed by atoms with van der Waals surface area (Å²) in [5, 5.41) is 3.55. The minimum Gasteiger partial charge on any atom is -0.381 e. The van der Waals surface area contributed by atoms with E-state index in [1.807, 2.05) is 0 Å². The molecule has 0 spiro atoms. The Hall–Kier alpha value is -0.860. The predicted octanol–water partition coefficient (Wildman–Crippen LogP) is 2.73. The first kappa shape index (κ1) is 12.2. The average molecular weight is 245 g/mol. The van der Waals surface area contributed by atoms with Crippen molar-refractivity contribution in [3.05, 3.63) is 35.4 Å². The first-order valence-electron chi connectivity index (χ1n) is 7.21. The molecule has 18 heavy (non-hydrogen) atoms. The molecular formula is C16H23NO. The molecule has 2 unspecified atom stereocenters. The van der Waals surface area contributed by atoms with Gasteiger partial charge in [0.25, 0.3) is 0 Å². The van der Waals surface area contributed by atoms with Gasteiger partial charge in [-0.1, -0.05) is 24.3 Å². The molecule has 1 fully saturated rings. The van der Waals surface area contributed by atoms with Crippen molar-refractivity contribution in [2.75, 3.05) is 20.3 Å². The molecule has 3 rings (SSSR count). The third-order valence-corrected chi connectivity index (χ3v) is 4.71. The Labute approximate surface area is 110 Å². The maximum Gasteiger partial charge on any atom is 0.0469 e. The largest absolute Gasteiger partial charge is 0.381 e. The van der Waals surface area contributed by atoms with Gasteiger partial charge in [0.2, 0.25) is 0 Å². The molecule has 1 aliphatic carbocycles. The van der Waals surface area contributed by atoms with Crippen LogP contribution in [0.4, 0.5) is 0 Å². The van der Waals surface area contributed by atoms with Crippen LogP contribution in [0.1, 0.15) is 36.3 Å². The summed E-state index contributed by atoms with van der Waals surface area (Å²) >= 11 is 0. The van der Waals surface area contributed by atoms with Crippen LogP contribution in [0.25, 0.3) is 0 Å². The van der Waals surface area contributed by atoms with Crippen molar-refractivity contribution in [3.63, 3.8) is 0 Å². The van der Waals surface area contributed by atoms with E-state index in [4.69, 9.17) is 4.74 Å². The quantitative estimate of drug-likeness (QED) is 0.880. The van der Waals surface area contributed by atoms with E-state index in [1.165, 1.54) is 25.7 Å². The van der Waals surface area contributed by atoms with E-state index in [0.717, 1.165) is 25.0 Å². The van der Waals surface area contributed by atoms with E-state index in [9.17, 15) is 0 Å². The summed E-state index contributed by atoms with van der Waals surface area (Å²) in [7, 11) is 2.12. The third-order valence-electron chi connectivity index (χ3n) is 4.71. The number of fused-ring (bicyclic) bond motifs is 1.